The number of hydrogen-bond donors (Lipinski definition) is 1. The van der Waals surface area contributed by atoms with Gasteiger partial charge in [-0.2, -0.15) is 0 Å². The summed E-state index contributed by atoms with van der Waals surface area (Å²) in [6.45, 7) is 16.1. The van der Waals surface area contributed by atoms with E-state index in [1.165, 1.54) is 5.56 Å². The molecule has 1 N–H and O–H groups in total. The number of amides is 1. The summed E-state index contributed by atoms with van der Waals surface area (Å²) in [4.78, 5) is 27.3. The van der Waals surface area contributed by atoms with Crippen molar-refractivity contribution >= 4 is 6.09 Å². The summed E-state index contributed by atoms with van der Waals surface area (Å²) in [6, 6.07) is 8.63. The maximum atomic E-state index is 13.0. The molecule has 0 aromatic carbocycles. The number of carbonyl (C=O) groups is 1. The molecule has 2 aromatic heterocycles. The van der Waals surface area contributed by atoms with Crippen LogP contribution >= 0.6 is 0 Å². The van der Waals surface area contributed by atoms with Gasteiger partial charge in [0.1, 0.15) is 5.60 Å². The van der Waals surface area contributed by atoms with Crippen LogP contribution in [0.25, 0.3) is 11.3 Å². The highest BCUT2D eigenvalue weighted by atomic mass is 16.6. The Labute approximate surface area is 233 Å². The number of rotatable bonds is 6. The Morgan fingerprint density at radius 3 is 2.85 bits per heavy atom. The average Bonchev–Trinajstić information content (AvgIpc) is 3.36. The molecule has 0 aliphatic carbocycles. The molecule has 0 radical (unpaired) electrons. The molecule has 2 saturated heterocycles. The zero-order valence-corrected chi connectivity index (χ0v) is 24.3. The van der Waals surface area contributed by atoms with Crippen LogP contribution < -0.4 is 10.1 Å². The van der Waals surface area contributed by atoms with Gasteiger partial charge in [-0.05, 0) is 89.7 Å². The van der Waals surface area contributed by atoms with Gasteiger partial charge >= 0.3 is 6.09 Å². The second-order valence-electron chi connectivity index (χ2n) is 12.3. The molecule has 1 spiro atoms. The standard InChI is InChI=1S/C31H45N5O3/c1-6-22-18-32-16-14-31(22)21-35(19-23-10-9-17-36(23)29(37)39-30(3,4)5)20-27-25(31)12-13-26(34-27)24-11-8-15-33-28(24)38-7-2/h8,11-13,15,22-23,32H,6-7,9-10,14,16-21H2,1-5H3/t22?,23-,31?/m1/s1. The summed E-state index contributed by atoms with van der Waals surface area (Å²) in [7, 11) is 0. The Balaban J connectivity index is 1.48. The zero-order chi connectivity index (χ0) is 27.6. The van der Waals surface area contributed by atoms with E-state index in [-0.39, 0.29) is 17.6 Å². The Hall–Kier alpha value is -2.71. The summed E-state index contributed by atoms with van der Waals surface area (Å²) in [6.07, 6.45) is 5.81. The van der Waals surface area contributed by atoms with Crippen molar-refractivity contribution in [1.29, 1.82) is 0 Å². The third kappa shape index (κ3) is 5.78. The fourth-order valence-corrected chi connectivity index (χ4v) is 6.91. The number of aromatic nitrogens is 2. The fraction of sp³-hybridized carbons (Fsp3) is 0.645. The first-order valence-electron chi connectivity index (χ1n) is 14.8. The Morgan fingerprint density at radius 1 is 1.23 bits per heavy atom. The molecule has 1 amide bonds. The Morgan fingerprint density at radius 2 is 2.08 bits per heavy atom. The van der Waals surface area contributed by atoms with Crippen molar-refractivity contribution in [2.45, 2.75) is 83.9 Å². The number of ether oxygens (including phenoxy) is 2. The fourth-order valence-electron chi connectivity index (χ4n) is 6.91. The van der Waals surface area contributed by atoms with E-state index < -0.39 is 5.60 Å². The van der Waals surface area contributed by atoms with Crippen molar-refractivity contribution < 1.29 is 14.3 Å². The molecule has 2 unspecified atom stereocenters. The van der Waals surface area contributed by atoms with Gasteiger partial charge in [0.2, 0.25) is 5.88 Å². The van der Waals surface area contributed by atoms with Gasteiger partial charge < -0.3 is 19.7 Å². The maximum Gasteiger partial charge on any atom is 0.410 e. The first-order valence-corrected chi connectivity index (χ1v) is 14.8. The van der Waals surface area contributed by atoms with E-state index in [2.05, 4.69) is 34.3 Å². The third-order valence-electron chi connectivity index (χ3n) is 8.60. The molecule has 2 fully saturated rings. The van der Waals surface area contributed by atoms with Crippen LogP contribution in [0.1, 0.15) is 71.6 Å². The summed E-state index contributed by atoms with van der Waals surface area (Å²) >= 11 is 0. The lowest BCUT2D eigenvalue weighted by Crippen LogP contribution is -2.58. The highest BCUT2D eigenvalue weighted by molar-refractivity contribution is 5.69. The summed E-state index contributed by atoms with van der Waals surface area (Å²) < 4.78 is 11.6. The molecule has 212 valence electrons. The minimum absolute atomic E-state index is 0.0478. The van der Waals surface area contributed by atoms with Gasteiger partial charge in [-0.1, -0.05) is 19.4 Å². The first-order chi connectivity index (χ1) is 18.7. The molecule has 3 atom stereocenters. The lowest BCUT2D eigenvalue weighted by Gasteiger charge is -2.51. The lowest BCUT2D eigenvalue weighted by atomic mass is 9.63. The summed E-state index contributed by atoms with van der Waals surface area (Å²) in [5.41, 5.74) is 3.93. The number of hydrogen-bond acceptors (Lipinski definition) is 7. The average molecular weight is 536 g/mol. The van der Waals surface area contributed by atoms with Crippen LogP contribution in [-0.4, -0.2) is 76.8 Å². The van der Waals surface area contributed by atoms with Crippen molar-refractivity contribution in [1.82, 2.24) is 25.1 Å². The van der Waals surface area contributed by atoms with Gasteiger partial charge in [-0.15, -0.1) is 0 Å². The van der Waals surface area contributed by atoms with Crippen LogP contribution in [0.15, 0.2) is 30.5 Å². The normalized spacial score (nSPS) is 25.5. The molecule has 8 nitrogen and oxygen atoms in total. The SMILES string of the molecule is CCOc1ncccc1-c1ccc2c(n1)CN(C[C@H]1CCCN1C(=O)OC(C)(C)C)CC21CCNCC1CC. The van der Waals surface area contributed by atoms with Crippen LogP contribution in [0.2, 0.25) is 0 Å². The van der Waals surface area contributed by atoms with E-state index in [0.29, 0.717) is 18.4 Å². The van der Waals surface area contributed by atoms with Crippen LogP contribution in [0.3, 0.4) is 0 Å². The molecule has 0 saturated carbocycles. The van der Waals surface area contributed by atoms with E-state index >= 15 is 0 Å². The van der Waals surface area contributed by atoms with Crippen molar-refractivity contribution in [3.05, 3.63) is 41.7 Å². The molecule has 3 aliphatic heterocycles. The predicted octanol–water partition coefficient (Wildman–Crippen LogP) is 5.01. The van der Waals surface area contributed by atoms with Gasteiger partial charge in [-0.25, -0.2) is 9.78 Å². The van der Waals surface area contributed by atoms with E-state index in [1.807, 2.05) is 44.7 Å². The monoisotopic (exact) mass is 535 g/mol. The van der Waals surface area contributed by atoms with E-state index in [0.717, 1.165) is 81.9 Å². The quantitative estimate of drug-likeness (QED) is 0.557. The molecule has 8 heteroatoms. The van der Waals surface area contributed by atoms with Gasteiger partial charge in [-0.3, -0.25) is 9.88 Å². The van der Waals surface area contributed by atoms with Gasteiger partial charge in [0, 0.05) is 43.8 Å². The maximum absolute atomic E-state index is 13.0. The van der Waals surface area contributed by atoms with Gasteiger partial charge in [0.05, 0.1) is 23.6 Å². The van der Waals surface area contributed by atoms with Gasteiger partial charge in [0.25, 0.3) is 0 Å². The molecule has 39 heavy (non-hydrogen) atoms. The van der Waals surface area contributed by atoms with E-state index in [9.17, 15) is 4.79 Å². The molecule has 5 heterocycles. The van der Waals surface area contributed by atoms with Crippen LogP contribution in [0, 0.1) is 5.92 Å². The zero-order valence-electron chi connectivity index (χ0n) is 24.3. The number of carbonyl (C=O) groups excluding carboxylic acids is 1. The Kier molecular flexibility index (Phi) is 8.15. The molecule has 0 bridgehead atoms. The van der Waals surface area contributed by atoms with Crippen LogP contribution in [0.4, 0.5) is 4.79 Å². The first kappa shape index (κ1) is 27.8. The number of likely N-dealkylation sites (tertiary alicyclic amines) is 1. The number of fused-ring (bicyclic) bond motifs is 2. The molecule has 2 aromatic rings. The highest BCUT2D eigenvalue weighted by Gasteiger charge is 2.47. The predicted molar refractivity (Wildman–Crippen MR) is 153 cm³/mol. The van der Waals surface area contributed by atoms with E-state index in [4.69, 9.17) is 14.5 Å². The Bertz CT molecular complexity index is 1170. The number of nitrogens with one attached hydrogen (secondary N) is 1. The molecule has 5 rings (SSSR count). The molecule has 3 aliphatic rings. The minimum Gasteiger partial charge on any atom is -0.477 e. The number of nitrogens with zero attached hydrogens (tertiary/aromatic N) is 4. The number of piperidine rings is 1. The summed E-state index contributed by atoms with van der Waals surface area (Å²) in [5.74, 6) is 1.16. The molecular formula is C31H45N5O3. The number of pyridine rings is 2. The van der Waals surface area contributed by atoms with Crippen molar-refractivity contribution in [3.63, 3.8) is 0 Å². The second kappa shape index (κ2) is 11.4. The van der Waals surface area contributed by atoms with Gasteiger partial charge in [0.15, 0.2) is 0 Å². The molecular weight excluding hydrogens is 490 g/mol. The smallest absolute Gasteiger partial charge is 0.410 e. The van der Waals surface area contributed by atoms with Crippen molar-refractivity contribution in [3.8, 4) is 17.1 Å². The van der Waals surface area contributed by atoms with Crippen LogP contribution in [0.5, 0.6) is 5.88 Å². The second-order valence-corrected chi connectivity index (χ2v) is 12.3. The largest absolute Gasteiger partial charge is 0.477 e. The minimum atomic E-state index is -0.491. The van der Waals surface area contributed by atoms with Crippen molar-refractivity contribution in [2.24, 2.45) is 5.92 Å². The topological polar surface area (TPSA) is 79.8 Å². The lowest BCUT2D eigenvalue weighted by molar-refractivity contribution is 0.0160. The third-order valence-corrected chi connectivity index (χ3v) is 8.60. The van der Waals surface area contributed by atoms with E-state index in [1.54, 1.807) is 6.20 Å². The van der Waals surface area contributed by atoms with Crippen LogP contribution in [-0.2, 0) is 16.7 Å². The highest BCUT2D eigenvalue weighted by Crippen LogP contribution is 2.45. The summed E-state index contributed by atoms with van der Waals surface area (Å²) in [5, 5.41) is 3.65. The van der Waals surface area contributed by atoms with Crippen molar-refractivity contribution in [2.75, 3.05) is 39.3 Å².